The lowest BCUT2D eigenvalue weighted by Crippen LogP contribution is -2.50. The number of thioether (sulfide) groups is 1. The number of aryl methyl sites for hydroxylation is 1. The Morgan fingerprint density at radius 1 is 1.18 bits per heavy atom. The van der Waals surface area contributed by atoms with Gasteiger partial charge in [-0.2, -0.15) is 0 Å². The van der Waals surface area contributed by atoms with E-state index in [1.807, 2.05) is 30.5 Å². The summed E-state index contributed by atoms with van der Waals surface area (Å²) < 4.78 is 12.0. The van der Waals surface area contributed by atoms with E-state index in [1.165, 1.54) is 0 Å². The maximum Gasteiger partial charge on any atom is 0.409 e. The van der Waals surface area contributed by atoms with Crippen LogP contribution in [0.2, 0.25) is 0 Å². The Labute approximate surface area is 199 Å². The Morgan fingerprint density at radius 3 is 2.42 bits per heavy atom. The number of amides is 1. The van der Waals surface area contributed by atoms with E-state index in [9.17, 15) is 14.7 Å². The van der Waals surface area contributed by atoms with E-state index >= 15 is 0 Å². The van der Waals surface area contributed by atoms with Crippen LogP contribution in [0.25, 0.3) is 0 Å². The van der Waals surface area contributed by atoms with Crippen molar-refractivity contribution in [2.75, 3.05) is 52.8 Å². The van der Waals surface area contributed by atoms with Crippen LogP contribution < -0.4 is 5.56 Å². The molecular weight excluding hydrogens is 442 g/mol. The van der Waals surface area contributed by atoms with Gasteiger partial charge < -0.3 is 24.0 Å². The quantitative estimate of drug-likeness (QED) is 0.588. The molecule has 1 aliphatic rings. The number of pyridine rings is 1. The summed E-state index contributed by atoms with van der Waals surface area (Å²) in [5.74, 6) is -0.0158. The first kappa shape index (κ1) is 25.1. The summed E-state index contributed by atoms with van der Waals surface area (Å²) in [5, 5.41) is 10.9. The number of aromatic nitrogens is 1. The molecule has 1 fully saturated rings. The molecule has 0 radical (unpaired) electrons. The van der Waals surface area contributed by atoms with Crippen LogP contribution >= 0.6 is 11.8 Å². The number of aromatic hydroxyl groups is 1. The molecule has 1 unspecified atom stereocenters. The lowest BCUT2D eigenvalue weighted by Gasteiger charge is -2.39. The SMILES string of the molecule is CCOC(=O)N1CCN(C(c2ccc(SC)cc2)c2c(O)cc(C)n(CCOC)c2=O)CC1. The van der Waals surface area contributed by atoms with Crippen LogP contribution in [-0.4, -0.2) is 78.3 Å². The Morgan fingerprint density at radius 2 is 1.85 bits per heavy atom. The van der Waals surface area contributed by atoms with Crippen molar-refractivity contribution in [3.05, 3.63) is 57.5 Å². The molecule has 1 aliphatic heterocycles. The summed E-state index contributed by atoms with van der Waals surface area (Å²) in [7, 11) is 1.60. The molecule has 9 heteroatoms. The van der Waals surface area contributed by atoms with Crippen molar-refractivity contribution < 1.29 is 19.4 Å². The fourth-order valence-electron chi connectivity index (χ4n) is 4.21. The van der Waals surface area contributed by atoms with Crippen LogP contribution in [0.1, 0.15) is 29.8 Å². The minimum absolute atomic E-state index is 0.0158. The van der Waals surface area contributed by atoms with E-state index in [1.54, 1.807) is 48.3 Å². The molecule has 1 atom stereocenters. The Bertz CT molecular complexity index is 1000. The molecule has 1 aromatic heterocycles. The van der Waals surface area contributed by atoms with E-state index in [2.05, 4.69) is 4.90 Å². The molecule has 0 saturated carbocycles. The highest BCUT2D eigenvalue weighted by molar-refractivity contribution is 7.98. The third-order valence-electron chi connectivity index (χ3n) is 5.95. The highest BCUT2D eigenvalue weighted by Gasteiger charge is 2.32. The zero-order valence-electron chi connectivity index (χ0n) is 19.7. The molecule has 1 saturated heterocycles. The number of ether oxygens (including phenoxy) is 2. The van der Waals surface area contributed by atoms with Gasteiger partial charge in [-0.05, 0) is 43.9 Å². The second-order valence-corrected chi connectivity index (χ2v) is 8.81. The Hall–Kier alpha value is -2.49. The first-order chi connectivity index (χ1) is 15.9. The number of hydrogen-bond donors (Lipinski definition) is 1. The molecule has 0 bridgehead atoms. The van der Waals surface area contributed by atoms with Crippen LogP contribution in [0, 0.1) is 6.92 Å². The van der Waals surface area contributed by atoms with Crippen LogP contribution in [0.15, 0.2) is 40.0 Å². The van der Waals surface area contributed by atoms with Crippen molar-refractivity contribution in [2.45, 2.75) is 31.3 Å². The molecule has 1 aromatic carbocycles. The third kappa shape index (κ3) is 5.72. The number of carbonyl (C=O) groups is 1. The zero-order chi connectivity index (χ0) is 24.0. The zero-order valence-corrected chi connectivity index (χ0v) is 20.6. The molecule has 0 spiro atoms. The summed E-state index contributed by atoms with van der Waals surface area (Å²) in [6, 6.07) is 9.27. The third-order valence-corrected chi connectivity index (χ3v) is 6.70. The molecular formula is C24H33N3O5S. The number of methoxy groups -OCH3 is 1. The number of carbonyl (C=O) groups excluding carboxylic acids is 1. The number of rotatable bonds is 8. The number of nitrogens with zero attached hydrogens (tertiary/aromatic N) is 3. The van der Waals surface area contributed by atoms with Gasteiger partial charge in [0.2, 0.25) is 0 Å². The number of hydrogen-bond acceptors (Lipinski definition) is 7. The molecule has 2 heterocycles. The summed E-state index contributed by atoms with van der Waals surface area (Å²) in [5.41, 5.74) is 1.73. The normalized spacial score (nSPS) is 15.5. The van der Waals surface area contributed by atoms with Crippen LogP contribution in [-0.2, 0) is 16.0 Å². The van der Waals surface area contributed by atoms with Crippen molar-refractivity contribution >= 4 is 17.9 Å². The first-order valence-electron chi connectivity index (χ1n) is 11.1. The Balaban J connectivity index is 2.02. The highest BCUT2D eigenvalue weighted by Crippen LogP contribution is 2.34. The molecule has 1 N–H and O–H groups in total. The van der Waals surface area contributed by atoms with Gasteiger partial charge in [-0.15, -0.1) is 11.8 Å². The minimum atomic E-state index is -0.438. The average Bonchev–Trinajstić information content (AvgIpc) is 2.82. The average molecular weight is 476 g/mol. The van der Waals surface area contributed by atoms with Crippen molar-refractivity contribution in [1.82, 2.24) is 14.4 Å². The highest BCUT2D eigenvalue weighted by atomic mass is 32.2. The predicted octanol–water partition coefficient (Wildman–Crippen LogP) is 3.09. The fourth-order valence-corrected chi connectivity index (χ4v) is 4.62. The van der Waals surface area contributed by atoms with E-state index in [0.29, 0.717) is 57.2 Å². The summed E-state index contributed by atoms with van der Waals surface area (Å²) in [4.78, 5) is 30.7. The molecule has 3 rings (SSSR count). The number of piperazine rings is 1. The minimum Gasteiger partial charge on any atom is -0.507 e. The molecule has 180 valence electrons. The van der Waals surface area contributed by atoms with Gasteiger partial charge >= 0.3 is 6.09 Å². The fraction of sp³-hybridized carbons (Fsp3) is 0.500. The molecule has 2 aromatic rings. The number of benzene rings is 1. The topological polar surface area (TPSA) is 84.2 Å². The van der Waals surface area contributed by atoms with Gasteiger partial charge in [-0.25, -0.2) is 4.79 Å². The second kappa shape index (κ2) is 11.6. The van der Waals surface area contributed by atoms with Crippen molar-refractivity contribution in [2.24, 2.45) is 0 Å². The van der Waals surface area contributed by atoms with Crippen LogP contribution in [0.4, 0.5) is 4.79 Å². The lowest BCUT2D eigenvalue weighted by molar-refractivity contribution is 0.0709. The monoisotopic (exact) mass is 475 g/mol. The van der Waals surface area contributed by atoms with Crippen molar-refractivity contribution in [3.8, 4) is 5.75 Å². The largest absolute Gasteiger partial charge is 0.507 e. The van der Waals surface area contributed by atoms with Crippen LogP contribution in [0.5, 0.6) is 5.75 Å². The predicted molar refractivity (Wildman–Crippen MR) is 129 cm³/mol. The molecule has 0 aliphatic carbocycles. The molecule has 8 nitrogen and oxygen atoms in total. The summed E-state index contributed by atoms with van der Waals surface area (Å²) in [6.45, 7) is 6.82. The van der Waals surface area contributed by atoms with Gasteiger partial charge in [0.15, 0.2) is 0 Å². The van der Waals surface area contributed by atoms with Gasteiger partial charge in [0.1, 0.15) is 5.75 Å². The smallest absolute Gasteiger partial charge is 0.409 e. The van der Waals surface area contributed by atoms with Gasteiger partial charge in [0, 0.05) is 50.4 Å². The lowest BCUT2D eigenvalue weighted by atomic mass is 9.96. The van der Waals surface area contributed by atoms with Gasteiger partial charge in [-0.3, -0.25) is 9.69 Å². The first-order valence-corrected chi connectivity index (χ1v) is 12.4. The van der Waals surface area contributed by atoms with Crippen LogP contribution in [0.3, 0.4) is 0 Å². The van der Waals surface area contributed by atoms with Gasteiger partial charge in [0.25, 0.3) is 5.56 Å². The van der Waals surface area contributed by atoms with E-state index in [4.69, 9.17) is 9.47 Å². The van der Waals surface area contributed by atoms with E-state index in [0.717, 1.165) is 10.5 Å². The Kier molecular flexibility index (Phi) is 8.82. The van der Waals surface area contributed by atoms with Gasteiger partial charge in [0.05, 0.1) is 24.8 Å². The van der Waals surface area contributed by atoms with Gasteiger partial charge in [-0.1, -0.05) is 12.1 Å². The maximum atomic E-state index is 13.6. The summed E-state index contributed by atoms with van der Waals surface area (Å²) >= 11 is 1.65. The van der Waals surface area contributed by atoms with Crippen molar-refractivity contribution in [3.63, 3.8) is 0 Å². The molecule has 33 heavy (non-hydrogen) atoms. The second-order valence-electron chi connectivity index (χ2n) is 7.93. The maximum absolute atomic E-state index is 13.6. The standard InChI is InChI=1S/C24H33N3O5S/c1-5-32-24(30)26-12-10-25(11-13-26)22(18-6-8-19(33-4)9-7-18)21-20(28)16-17(2)27(23(21)29)14-15-31-3/h6-9,16,22,28H,5,10-15H2,1-4H3. The summed E-state index contributed by atoms with van der Waals surface area (Å²) in [6.07, 6.45) is 1.69. The van der Waals surface area contributed by atoms with Crippen molar-refractivity contribution in [1.29, 1.82) is 0 Å². The molecule has 1 amide bonds. The van der Waals surface area contributed by atoms with E-state index in [-0.39, 0.29) is 17.4 Å². The van der Waals surface area contributed by atoms with E-state index < -0.39 is 6.04 Å².